The number of imidazole rings is 1. The van der Waals surface area contributed by atoms with E-state index in [1.54, 1.807) is 24.3 Å². The Balaban J connectivity index is 1.32. The molecule has 2 N–H and O–H groups in total. The van der Waals surface area contributed by atoms with Crippen LogP contribution in [0.25, 0.3) is 11.0 Å². The number of halogens is 3. The first-order valence-corrected chi connectivity index (χ1v) is 16.7. The van der Waals surface area contributed by atoms with Crippen LogP contribution in [0.3, 0.4) is 0 Å². The van der Waals surface area contributed by atoms with Gasteiger partial charge in [-0.2, -0.15) is 0 Å². The third-order valence-electron chi connectivity index (χ3n) is 10.4. The SMILES string of the molecule is CN(C)CCNC(=O)c1ccc2c(c1)nc1n2CC[C@H]2[C@@H]1[C@H](c1cccc(Cl)c1F)[C@]1(C(=O)Nc3cc(Cl)ccc31)N2CC1CC1. The van der Waals surface area contributed by atoms with E-state index in [-0.39, 0.29) is 28.8 Å². The van der Waals surface area contributed by atoms with Gasteiger partial charge in [0.2, 0.25) is 5.91 Å². The van der Waals surface area contributed by atoms with Gasteiger partial charge in [0.25, 0.3) is 5.91 Å². The van der Waals surface area contributed by atoms with Crippen LogP contribution in [-0.2, 0) is 16.9 Å². The predicted octanol–water partition coefficient (Wildman–Crippen LogP) is 5.99. The number of fused-ring (bicyclic) bond motifs is 7. The van der Waals surface area contributed by atoms with Crippen molar-refractivity contribution in [2.24, 2.45) is 5.92 Å². The van der Waals surface area contributed by atoms with Gasteiger partial charge < -0.3 is 20.1 Å². The maximum Gasteiger partial charge on any atom is 0.251 e. The third kappa shape index (κ3) is 4.50. The minimum atomic E-state index is -1.19. The van der Waals surface area contributed by atoms with Gasteiger partial charge >= 0.3 is 0 Å². The van der Waals surface area contributed by atoms with E-state index in [0.717, 1.165) is 49.3 Å². The summed E-state index contributed by atoms with van der Waals surface area (Å²) in [6, 6.07) is 16.1. The second-order valence-corrected chi connectivity index (χ2v) is 14.2. The number of carbonyl (C=O) groups excluding carboxylic acids is 2. The summed E-state index contributed by atoms with van der Waals surface area (Å²) in [5.41, 5.74) is 2.84. The summed E-state index contributed by atoms with van der Waals surface area (Å²) >= 11 is 12.9. The summed E-state index contributed by atoms with van der Waals surface area (Å²) in [5.74, 6) is -0.517. The summed E-state index contributed by atoms with van der Waals surface area (Å²) in [5, 5.41) is 6.67. The number of aromatic nitrogens is 2. The molecular weight excluding hydrogens is 626 g/mol. The highest BCUT2D eigenvalue weighted by Gasteiger charge is 2.69. The predicted molar refractivity (Wildman–Crippen MR) is 177 cm³/mol. The van der Waals surface area contributed by atoms with Crippen LogP contribution in [0.4, 0.5) is 10.1 Å². The molecule has 0 unspecified atom stereocenters. The largest absolute Gasteiger partial charge is 0.351 e. The fourth-order valence-corrected chi connectivity index (χ4v) is 8.59. The smallest absolute Gasteiger partial charge is 0.251 e. The number of likely N-dealkylation sites (tertiary alicyclic amines) is 1. The molecule has 1 saturated heterocycles. The topological polar surface area (TPSA) is 82.5 Å². The van der Waals surface area contributed by atoms with Crippen molar-refractivity contribution in [3.8, 4) is 0 Å². The fourth-order valence-electron chi connectivity index (χ4n) is 8.23. The van der Waals surface area contributed by atoms with E-state index in [2.05, 4.69) is 20.1 Å². The first-order valence-electron chi connectivity index (χ1n) is 15.9. The zero-order valence-electron chi connectivity index (χ0n) is 25.7. The number of carbonyl (C=O) groups is 2. The van der Waals surface area contributed by atoms with Crippen LogP contribution in [0.1, 0.15) is 58.4 Å². The molecule has 4 aromatic rings. The molecule has 2 amide bonds. The number of anilines is 1. The maximum absolute atomic E-state index is 16.3. The number of amides is 2. The minimum Gasteiger partial charge on any atom is -0.351 e. The zero-order valence-corrected chi connectivity index (χ0v) is 27.2. The normalized spacial score (nSPS) is 25.2. The lowest BCUT2D eigenvalue weighted by atomic mass is 9.70. The number of benzene rings is 3. The van der Waals surface area contributed by atoms with Crippen LogP contribution in [-0.4, -0.2) is 70.9 Å². The number of aryl methyl sites for hydroxylation is 1. The van der Waals surface area contributed by atoms with Gasteiger partial charge in [-0.1, -0.05) is 41.4 Å². The molecule has 1 saturated carbocycles. The average Bonchev–Trinajstić information content (AvgIpc) is 3.61. The second-order valence-electron chi connectivity index (χ2n) is 13.4. The van der Waals surface area contributed by atoms with E-state index in [1.165, 1.54) is 0 Å². The number of hydrogen-bond acceptors (Lipinski definition) is 5. The molecule has 8 rings (SSSR count). The fraction of sp³-hybridized carbons (Fsp3) is 0.400. The van der Waals surface area contributed by atoms with Crippen LogP contribution in [0.15, 0.2) is 54.6 Å². The summed E-state index contributed by atoms with van der Waals surface area (Å²) in [7, 11) is 3.93. The molecule has 4 atom stereocenters. The van der Waals surface area contributed by atoms with Gasteiger partial charge in [0, 0.05) is 65.9 Å². The van der Waals surface area contributed by atoms with Crippen LogP contribution < -0.4 is 10.6 Å². The van der Waals surface area contributed by atoms with Crippen molar-refractivity contribution in [1.82, 2.24) is 24.7 Å². The Kier molecular flexibility index (Phi) is 7.17. The van der Waals surface area contributed by atoms with Crippen LogP contribution in [0.5, 0.6) is 0 Å². The van der Waals surface area contributed by atoms with Gasteiger partial charge in [0.1, 0.15) is 17.2 Å². The minimum absolute atomic E-state index is 0.0220. The van der Waals surface area contributed by atoms with E-state index in [4.69, 9.17) is 28.2 Å². The highest BCUT2D eigenvalue weighted by atomic mass is 35.5. The van der Waals surface area contributed by atoms with Crippen molar-refractivity contribution in [2.75, 3.05) is 39.0 Å². The quantitative estimate of drug-likeness (QED) is 0.255. The lowest BCUT2D eigenvalue weighted by Crippen LogP contribution is -2.53. The van der Waals surface area contributed by atoms with Crippen LogP contribution in [0, 0.1) is 11.7 Å². The molecule has 1 aromatic heterocycles. The number of hydrogen-bond donors (Lipinski definition) is 2. The van der Waals surface area contributed by atoms with Crippen LogP contribution in [0.2, 0.25) is 10.0 Å². The van der Waals surface area contributed by atoms with Crippen molar-refractivity contribution < 1.29 is 14.0 Å². The number of nitrogens with zero attached hydrogens (tertiary/aromatic N) is 4. The standard InChI is InChI=1S/C35H35Cl2FN6O2/c1-42(2)15-13-39-33(45)20-8-11-27-26(16-20)40-32-29-28(12-14-43(27)32)44(18-19-6-7-19)35(30(29)22-4-3-5-24(37)31(22)38)23-10-9-21(36)17-25(23)41-34(35)46/h3-5,8-11,16-17,19,28-30H,6-7,12-15,18H2,1-2H3,(H,39,45)(H,41,46)/t28-,29+,30-,35+/m0/s1. The molecular formula is C35H35Cl2FN6O2. The van der Waals surface area contributed by atoms with Gasteiger partial charge in [-0.15, -0.1) is 0 Å². The van der Waals surface area contributed by atoms with Gasteiger partial charge in [-0.05, 0) is 81.2 Å². The van der Waals surface area contributed by atoms with Gasteiger partial charge in [0.05, 0.1) is 16.1 Å². The van der Waals surface area contributed by atoms with Crippen molar-refractivity contribution >= 4 is 51.7 Å². The Morgan fingerprint density at radius 1 is 1.13 bits per heavy atom. The Labute approximate surface area is 276 Å². The summed E-state index contributed by atoms with van der Waals surface area (Å²) < 4.78 is 18.5. The molecule has 11 heteroatoms. The second kappa shape index (κ2) is 11.0. The summed E-state index contributed by atoms with van der Waals surface area (Å²) in [6.45, 7) is 2.69. The highest BCUT2D eigenvalue weighted by molar-refractivity contribution is 6.31. The Morgan fingerprint density at radius 2 is 1.96 bits per heavy atom. The molecule has 8 nitrogen and oxygen atoms in total. The molecule has 238 valence electrons. The molecule has 3 aliphatic heterocycles. The van der Waals surface area contributed by atoms with Crippen LogP contribution >= 0.6 is 23.2 Å². The van der Waals surface area contributed by atoms with Crippen molar-refractivity contribution in [1.29, 1.82) is 0 Å². The van der Waals surface area contributed by atoms with Crippen molar-refractivity contribution in [3.05, 3.63) is 93.0 Å². The molecule has 46 heavy (non-hydrogen) atoms. The van der Waals surface area contributed by atoms with Gasteiger partial charge in [-0.3, -0.25) is 14.5 Å². The molecule has 4 heterocycles. The Morgan fingerprint density at radius 3 is 2.74 bits per heavy atom. The number of rotatable bonds is 7. The first kappa shape index (κ1) is 29.9. The van der Waals surface area contributed by atoms with E-state index in [1.807, 2.05) is 49.3 Å². The molecule has 3 aromatic carbocycles. The van der Waals surface area contributed by atoms with E-state index < -0.39 is 17.3 Å². The molecule has 0 radical (unpaired) electrons. The highest BCUT2D eigenvalue weighted by Crippen LogP contribution is 2.64. The van der Waals surface area contributed by atoms with Gasteiger partial charge in [-0.25, -0.2) is 9.37 Å². The zero-order chi connectivity index (χ0) is 31.9. The average molecular weight is 662 g/mol. The van der Waals surface area contributed by atoms with Crippen molar-refractivity contribution in [2.45, 2.75) is 49.2 Å². The Bertz CT molecular complexity index is 1910. The number of nitrogens with one attached hydrogen (secondary N) is 2. The third-order valence-corrected chi connectivity index (χ3v) is 10.9. The monoisotopic (exact) mass is 660 g/mol. The molecule has 2 fully saturated rings. The van der Waals surface area contributed by atoms with Gasteiger partial charge in [0.15, 0.2) is 0 Å². The lowest BCUT2D eigenvalue weighted by molar-refractivity contribution is -0.128. The number of likely N-dealkylation sites (N-methyl/N-ethyl adjacent to an activating group) is 1. The molecule has 1 aliphatic carbocycles. The molecule has 4 aliphatic rings. The maximum atomic E-state index is 16.3. The van der Waals surface area contributed by atoms with Crippen molar-refractivity contribution in [3.63, 3.8) is 0 Å². The summed E-state index contributed by atoms with van der Waals surface area (Å²) in [4.78, 5) is 37.2. The van der Waals surface area contributed by atoms with E-state index in [9.17, 15) is 9.59 Å². The van der Waals surface area contributed by atoms with E-state index in [0.29, 0.717) is 46.4 Å². The molecule has 1 spiro atoms. The first-order chi connectivity index (χ1) is 22.2. The Hall–Kier alpha value is -3.50. The van der Waals surface area contributed by atoms with E-state index >= 15 is 4.39 Å². The summed E-state index contributed by atoms with van der Waals surface area (Å²) in [6.07, 6.45) is 2.97. The molecule has 0 bridgehead atoms. The lowest BCUT2D eigenvalue weighted by Gasteiger charge is -2.40.